The van der Waals surface area contributed by atoms with E-state index >= 15 is 0 Å². The van der Waals surface area contributed by atoms with Crippen molar-refractivity contribution in [3.8, 4) is 0 Å². The second-order valence-corrected chi connectivity index (χ2v) is 6.29. The van der Waals surface area contributed by atoms with Gasteiger partial charge < -0.3 is 15.8 Å². The number of carbonyl (C=O) groups excluding carboxylic acids is 1. The Balaban J connectivity index is 2.04. The molecule has 3 unspecified atom stereocenters. The number of pyridine rings is 1. The van der Waals surface area contributed by atoms with Crippen molar-refractivity contribution in [1.29, 1.82) is 0 Å². The summed E-state index contributed by atoms with van der Waals surface area (Å²) in [5.74, 6) is -0.137. The van der Waals surface area contributed by atoms with Crippen LogP contribution in [0.25, 0.3) is 0 Å². The first-order valence-electron chi connectivity index (χ1n) is 7.45. The number of nitrogens with zero attached hydrogens (tertiary/aromatic N) is 1. The van der Waals surface area contributed by atoms with Crippen LogP contribution in [-0.4, -0.2) is 29.1 Å². The Labute approximate surface area is 126 Å². The lowest BCUT2D eigenvalue weighted by atomic mass is 9.54. The molecule has 0 aromatic carbocycles. The molecule has 1 aromatic rings. The summed E-state index contributed by atoms with van der Waals surface area (Å²) in [6, 6.07) is 5.48. The Morgan fingerprint density at radius 2 is 2.29 bits per heavy atom. The maximum absolute atomic E-state index is 12.6. The number of rotatable bonds is 5. The molecule has 0 radical (unpaired) electrons. The lowest BCUT2D eigenvalue weighted by Crippen LogP contribution is -2.75. The van der Waals surface area contributed by atoms with E-state index in [4.69, 9.17) is 10.5 Å². The van der Waals surface area contributed by atoms with Crippen LogP contribution < -0.4 is 11.1 Å². The molecule has 116 valence electrons. The van der Waals surface area contributed by atoms with E-state index in [1.165, 1.54) is 0 Å². The molecule has 0 bridgehead atoms. The molecule has 0 spiro atoms. The summed E-state index contributed by atoms with van der Waals surface area (Å²) in [7, 11) is 0. The SMILES string of the molecule is CCOC1CC(N)(C(=O)NC(C)c2ccccn2)C1(C)C. The standard InChI is InChI=1S/C16H25N3O2/c1-5-21-13-10-16(17,15(13,3)4)14(20)19-11(2)12-8-6-7-9-18-12/h6-9,11,13H,5,10,17H2,1-4H3,(H,19,20). The van der Waals surface area contributed by atoms with Gasteiger partial charge in [0.15, 0.2) is 0 Å². The number of carbonyl (C=O) groups is 1. The fourth-order valence-electron chi connectivity index (χ4n) is 2.85. The van der Waals surface area contributed by atoms with E-state index in [1.807, 2.05) is 45.9 Å². The Hall–Kier alpha value is -1.46. The van der Waals surface area contributed by atoms with E-state index < -0.39 is 5.54 Å². The van der Waals surface area contributed by atoms with Gasteiger partial charge in [-0.25, -0.2) is 0 Å². The van der Waals surface area contributed by atoms with Crippen LogP contribution in [0.1, 0.15) is 45.9 Å². The molecule has 21 heavy (non-hydrogen) atoms. The average molecular weight is 291 g/mol. The fraction of sp³-hybridized carbons (Fsp3) is 0.625. The van der Waals surface area contributed by atoms with E-state index in [9.17, 15) is 4.79 Å². The number of hydrogen-bond acceptors (Lipinski definition) is 4. The molecule has 0 saturated heterocycles. The van der Waals surface area contributed by atoms with Crippen LogP contribution in [0.15, 0.2) is 24.4 Å². The Kier molecular flexibility index (Phi) is 4.35. The third-order valence-corrected chi connectivity index (χ3v) is 4.71. The first kappa shape index (κ1) is 15.9. The number of hydrogen-bond donors (Lipinski definition) is 2. The van der Waals surface area contributed by atoms with Gasteiger partial charge in [-0.15, -0.1) is 0 Å². The van der Waals surface area contributed by atoms with Gasteiger partial charge in [0.1, 0.15) is 5.54 Å². The molecule has 1 fully saturated rings. The van der Waals surface area contributed by atoms with Crippen molar-refractivity contribution in [3.05, 3.63) is 30.1 Å². The van der Waals surface area contributed by atoms with Gasteiger partial charge in [-0.05, 0) is 26.0 Å². The first-order chi connectivity index (χ1) is 9.83. The molecule has 2 rings (SSSR count). The Morgan fingerprint density at radius 1 is 1.57 bits per heavy atom. The Bertz CT molecular complexity index is 504. The third-order valence-electron chi connectivity index (χ3n) is 4.71. The zero-order valence-corrected chi connectivity index (χ0v) is 13.2. The number of nitrogens with two attached hydrogens (primary N) is 1. The average Bonchev–Trinajstić information content (AvgIpc) is 2.47. The number of nitrogens with one attached hydrogen (secondary N) is 1. The molecule has 1 amide bonds. The van der Waals surface area contributed by atoms with E-state index in [0.717, 1.165) is 5.69 Å². The highest BCUT2D eigenvalue weighted by atomic mass is 16.5. The van der Waals surface area contributed by atoms with Crippen molar-refractivity contribution in [2.75, 3.05) is 6.61 Å². The van der Waals surface area contributed by atoms with Crippen molar-refractivity contribution in [2.45, 2.75) is 51.8 Å². The van der Waals surface area contributed by atoms with Crippen LogP contribution in [0, 0.1) is 5.41 Å². The van der Waals surface area contributed by atoms with Crippen LogP contribution in [0.3, 0.4) is 0 Å². The van der Waals surface area contributed by atoms with Crippen molar-refractivity contribution < 1.29 is 9.53 Å². The summed E-state index contributed by atoms with van der Waals surface area (Å²) in [5, 5.41) is 2.97. The third kappa shape index (κ3) is 2.68. The van der Waals surface area contributed by atoms with E-state index in [2.05, 4.69) is 10.3 Å². The second-order valence-electron chi connectivity index (χ2n) is 6.29. The van der Waals surface area contributed by atoms with Crippen molar-refractivity contribution >= 4 is 5.91 Å². The fourth-order valence-corrected chi connectivity index (χ4v) is 2.85. The van der Waals surface area contributed by atoms with Gasteiger partial charge in [0.2, 0.25) is 5.91 Å². The zero-order chi connectivity index (χ0) is 15.7. The first-order valence-corrected chi connectivity index (χ1v) is 7.45. The Morgan fingerprint density at radius 3 is 2.81 bits per heavy atom. The lowest BCUT2D eigenvalue weighted by molar-refractivity contribution is -0.171. The number of ether oxygens (including phenoxy) is 1. The molecule has 1 heterocycles. The van der Waals surface area contributed by atoms with Crippen LogP contribution in [0.5, 0.6) is 0 Å². The van der Waals surface area contributed by atoms with Crippen LogP contribution in [0.2, 0.25) is 0 Å². The smallest absolute Gasteiger partial charge is 0.241 e. The van der Waals surface area contributed by atoms with Gasteiger partial charge in [-0.2, -0.15) is 0 Å². The normalized spacial score (nSPS) is 28.5. The molecular formula is C16H25N3O2. The molecule has 1 aromatic heterocycles. The summed E-state index contributed by atoms with van der Waals surface area (Å²) in [6.07, 6.45) is 2.30. The van der Waals surface area contributed by atoms with Crippen LogP contribution in [-0.2, 0) is 9.53 Å². The van der Waals surface area contributed by atoms with Crippen molar-refractivity contribution in [2.24, 2.45) is 11.1 Å². The van der Waals surface area contributed by atoms with Gasteiger partial charge in [-0.3, -0.25) is 9.78 Å². The predicted molar refractivity (Wildman–Crippen MR) is 81.5 cm³/mol. The number of amides is 1. The second kappa shape index (κ2) is 5.73. The minimum Gasteiger partial charge on any atom is -0.378 e. The predicted octanol–water partition coefficient (Wildman–Crippen LogP) is 1.79. The quantitative estimate of drug-likeness (QED) is 0.867. The van der Waals surface area contributed by atoms with Gasteiger partial charge in [0, 0.05) is 24.6 Å². The van der Waals surface area contributed by atoms with Gasteiger partial charge in [-0.1, -0.05) is 19.9 Å². The minimum atomic E-state index is -0.893. The van der Waals surface area contributed by atoms with Crippen molar-refractivity contribution in [1.82, 2.24) is 10.3 Å². The lowest BCUT2D eigenvalue weighted by Gasteiger charge is -2.57. The molecule has 1 aliphatic carbocycles. The summed E-state index contributed by atoms with van der Waals surface area (Å²) in [6.45, 7) is 8.48. The molecule has 0 aliphatic heterocycles. The zero-order valence-electron chi connectivity index (χ0n) is 13.2. The van der Waals surface area contributed by atoms with Crippen LogP contribution >= 0.6 is 0 Å². The monoisotopic (exact) mass is 291 g/mol. The van der Waals surface area contributed by atoms with Gasteiger partial charge >= 0.3 is 0 Å². The summed E-state index contributed by atoms with van der Waals surface area (Å²) >= 11 is 0. The topological polar surface area (TPSA) is 77.2 Å². The van der Waals surface area contributed by atoms with Crippen LogP contribution in [0.4, 0.5) is 0 Å². The summed E-state index contributed by atoms with van der Waals surface area (Å²) < 4.78 is 5.66. The summed E-state index contributed by atoms with van der Waals surface area (Å²) in [4.78, 5) is 16.8. The van der Waals surface area contributed by atoms with E-state index in [0.29, 0.717) is 13.0 Å². The highest BCUT2D eigenvalue weighted by molar-refractivity contribution is 5.89. The largest absolute Gasteiger partial charge is 0.378 e. The van der Waals surface area contributed by atoms with Gasteiger partial charge in [0.25, 0.3) is 0 Å². The number of aromatic nitrogens is 1. The molecule has 5 heteroatoms. The van der Waals surface area contributed by atoms with E-state index in [-0.39, 0.29) is 23.5 Å². The molecule has 3 N–H and O–H groups in total. The minimum absolute atomic E-state index is 0.0309. The molecule has 1 saturated carbocycles. The van der Waals surface area contributed by atoms with Gasteiger partial charge in [0.05, 0.1) is 17.8 Å². The maximum atomic E-state index is 12.6. The highest BCUT2D eigenvalue weighted by Gasteiger charge is 2.62. The maximum Gasteiger partial charge on any atom is 0.241 e. The molecule has 1 aliphatic rings. The van der Waals surface area contributed by atoms with E-state index in [1.54, 1.807) is 6.20 Å². The molecular weight excluding hydrogens is 266 g/mol. The molecule has 5 nitrogen and oxygen atoms in total. The van der Waals surface area contributed by atoms with Crippen molar-refractivity contribution in [3.63, 3.8) is 0 Å². The highest BCUT2D eigenvalue weighted by Crippen LogP contribution is 2.50. The summed E-state index contributed by atoms with van der Waals surface area (Å²) in [5.41, 5.74) is 5.91. The molecule has 3 atom stereocenters.